The topological polar surface area (TPSA) is 57.1 Å². The number of hydrogen-bond acceptors (Lipinski definition) is 5. The third-order valence-corrected chi connectivity index (χ3v) is 5.94. The molecule has 2 aromatic rings. The quantitative estimate of drug-likeness (QED) is 0.200. The second kappa shape index (κ2) is 9.08. The molecule has 0 amide bonds. The molecule has 0 bridgehead atoms. The molecule has 0 unspecified atom stereocenters. The number of aryl methyl sites for hydroxylation is 1. The highest BCUT2D eigenvalue weighted by Gasteiger charge is 2.24. The molecule has 1 heterocycles. The monoisotopic (exact) mass is 601 g/mol. The Morgan fingerprint density at radius 2 is 2.00 bits per heavy atom. The van der Waals surface area contributed by atoms with Gasteiger partial charge >= 0.3 is 5.97 Å². The number of esters is 1. The summed E-state index contributed by atoms with van der Waals surface area (Å²) in [6.07, 6.45) is 3.35. The molecule has 144 valence electrons. The number of ether oxygens (including phenoxy) is 3. The van der Waals surface area contributed by atoms with Crippen molar-refractivity contribution in [1.82, 2.24) is 0 Å². The number of nitrogens with zero attached hydrogens (tertiary/aromatic N) is 1. The Hall–Kier alpha value is -1.88. The Balaban J connectivity index is 1.95. The third-order valence-electron chi connectivity index (χ3n) is 3.93. The molecule has 0 atom stereocenters. The average Bonchev–Trinajstić information content (AvgIpc) is 3.03. The number of benzene rings is 2. The number of cyclic esters (lactones) is 1. The van der Waals surface area contributed by atoms with Crippen molar-refractivity contribution in [2.24, 2.45) is 4.99 Å². The van der Waals surface area contributed by atoms with Gasteiger partial charge in [-0.3, -0.25) is 0 Å². The van der Waals surface area contributed by atoms with Gasteiger partial charge in [-0.25, -0.2) is 9.79 Å². The number of methoxy groups -OCH3 is 1. The zero-order chi connectivity index (χ0) is 20.3. The molecule has 0 aliphatic carbocycles. The van der Waals surface area contributed by atoms with Crippen LogP contribution >= 0.6 is 45.2 Å². The first-order valence-electron chi connectivity index (χ1n) is 8.33. The molecule has 0 spiro atoms. The van der Waals surface area contributed by atoms with E-state index in [0.717, 1.165) is 23.8 Å². The molecule has 3 rings (SSSR count). The summed E-state index contributed by atoms with van der Waals surface area (Å²) >= 11 is 4.43. The minimum absolute atomic E-state index is 0.240. The van der Waals surface area contributed by atoms with Crippen LogP contribution in [0.5, 0.6) is 11.5 Å². The maximum Gasteiger partial charge on any atom is 0.363 e. The summed E-state index contributed by atoms with van der Waals surface area (Å²) in [7, 11) is 1.57. The molecular formula is C21H17I2NO4. The molecule has 28 heavy (non-hydrogen) atoms. The molecule has 0 saturated carbocycles. The predicted octanol–water partition coefficient (Wildman–Crippen LogP) is 5.12. The van der Waals surface area contributed by atoms with Gasteiger partial charge in [-0.05, 0) is 99.6 Å². The van der Waals surface area contributed by atoms with E-state index in [1.165, 1.54) is 0 Å². The van der Waals surface area contributed by atoms with Crippen LogP contribution in [-0.2, 0) is 9.53 Å². The highest BCUT2D eigenvalue weighted by Crippen LogP contribution is 2.35. The Kier molecular flexibility index (Phi) is 6.76. The first-order valence-corrected chi connectivity index (χ1v) is 10.5. The number of hydrogen-bond donors (Lipinski definition) is 0. The van der Waals surface area contributed by atoms with E-state index in [1.807, 2.05) is 31.2 Å². The summed E-state index contributed by atoms with van der Waals surface area (Å²) in [5.41, 5.74) is 2.88. The van der Waals surface area contributed by atoms with Gasteiger partial charge in [-0.2, -0.15) is 0 Å². The van der Waals surface area contributed by atoms with Gasteiger partial charge in [-0.15, -0.1) is 0 Å². The standard InChI is InChI=1S/C21H17I2NO4/c1-4-7-27-19-16(23)9-13(11-18(19)26-3)10-17-21(25)28-20(24-17)14-5-6-15(22)12(2)8-14/h4-6,8-11H,1,7H2,2-3H3/b17-10-. The minimum Gasteiger partial charge on any atom is -0.493 e. The van der Waals surface area contributed by atoms with Crippen molar-refractivity contribution in [3.05, 3.63) is 72.5 Å². The van der Waals surface area contributed by atoms with Crippen molar-refractivity contribution >= 4 is 63.1 Å². The van der Waals surface area contributed by atoms with Crippen LogP contribution in [0.1, 0.15) is 16.7 Å². The van der Waals surface area contributed by atoms with Crippen LogP contribution in [0.25, 0.3) is 6.08 Å². The van der Waals surface area contributed by atoms with Gasteiger partial charge in [0.25, 0.3) is 0 Å². The van der Waals surface area contributed by atoms with Crippen LogP contribution in [0.3, 0.4) is 0 Å². The minimum atomic E-state index is -0.479. The largest absolute Gasteiger partial charge is 0.493 e. The first-order chi connectivity index (χ1) is 13.4. The fourth-order valence-electron chi connectivity index (χ4n) is 2.57. The van der Waals surface area contributed by atoms with Crippen LogP contribution < -0.4 is 9.47 Å². The van der Waals surface area contributed by atoms with Gasteiger partial charge in [0.05, 0.1) is 10.7 Å². The molecule has 1 aliphatic heterocycles. The maximum atomic E-state index is 12.3. The summed E-state index contributed by atoms with van der Waals surface area (Å²) in [5, 5.41) is 0. The van der Waals surface area contributed by atoms with Crippen LogP contribution in [0, 0.1) is 14.1 Å². The lowest BCUT2D eigenvalue weighted by atomic mass is 10.1. The molecule has 2 aromatic carbocycles. The van der Waals surface area contributed by atoms with Gasteiger partial charge in [0, 0.05) is 9.13 Å². The summed E-state index contributed by atoms with van der Waals surface area (Å²) in [6, 6.07) is 9.50. The van der Waals surface area contributed by atoms with Crippen molar-refractivity contribution in [2.75, 3.05) is 13.7 Å². The fourth-order valence-corrected chi connectivity index (χ4v) is 3.69. The van der Waals surface area contributed by atoms with Gasteiger partial charge in [0.2, 0.25) is 5.90 Å². The average molecular weight is 601 g/mol. The molecule has 0 saturated heterocycles. The van der Waals surface area contributed by atoms with E-state index in [-0.39, 0.29) is 5.70 Å². The van der Waals surface area contributed by atoms with Crippen molar-refractivity contribution in [3.63, 3.8) is 0 Å². The second-order valence-electron chi connectivity index (χ2n) is 5.93. The summed E-state index contributed by atoms with van der Waals surface area (Å²) in [4.78, 5) is 16.7. The Morgan fingerprint density at radius 3 is 2.68 bits per heavy atom. The van der Waals surface area contributed by atoms with Crippen molar-refractivity contribution in [2.45, 2.75) is 6.92 Å². The van der Waals surface area contributed by atoms with Crippen LogP contribution in [-0.4, -0.2) is 25.6 Å². The molecule has 0 fully saturated rings. The highest BCUT2D eigenvalue weighted by atomic mass is 127. The second-order valence-corrected chi connectivity index (χ2v) is 8.26. The van der Waals surface area contributed by atoms with Gasteiger partial charge in [0.1, 0.15) is 6.61 Å². The number of carbonyl (C=O) groups is 1. The van der Waals surface area contributed by atoms with Crippen LogP contribution in [0.4, 0.5) is 0 Å². The third kappa shape index (κ3) is 4.57. The van der Waals surface area contributed by atoms with Crippen LogP contribution in [0.15, 0.2) is 53.7 Å². The van der Waals surface area contributed by atoms with Gasteiger partial charge in [0.15, 0.2) is 17.2 Å². The van der Waals surface area contributed by atoms with E-state index in [9.17, 15) is 4.79 Å². The first kappa shape index (κ1) is 20.8. The molecular weight excluding hydrogens is 584 g/mol. The van der Waals surface area contributed by atoms with E-state index in [1.54, 1.807) is 25.3 Å². The highest BCUT2D eigenvalue weighted by molar-refractivity contribution is 14.1. The predicted molar refractivity (Wildman–Crippen MR) is 126 cm³/mol. The molecule has 0 N–H and O–H groups in total. The van der Waals surface area contributed by atoms with E-state index < -0.39 is 5.97 Å². The lowest BCUT2D eigenvalue weighted by Crippen LogP contribution is -2.05. The zero-order valence-corrected chi connectivity index (χ0v) is 19.6. The van der Waals surface area contributed by atoms with Crippen molar-refractivity contribution in [3.8, 4) is 11.5 Å². The van der Waals surface area contributed by atoms with E-state index in [4.69, 9.17) is 14.2 Å². The summed E-state index contributed by atoms with van der Waals surface area (Å²) < 4.78 is 18.4. The SMILES string of the molecule is C=CCOc1c(I)cc(/C=C2\N=C(c3ccc(I)c(C)c3)OC2=O)cc1OC. The van der Waals surface area contributed by atoms with E-state index in [2.05, 4.69) is 56.8 Å². The summed E-state index contributed by atoms with van der Waals surface area (Å²) in [6.45, 7) is 6.03. The van der Waals surface area contributed by atoms with Crippen molar-refractivity contribution < 1.29 is 19.0 Å². The van der Waals surface area contributed by atoms with E-state index in [0.29, 0.717) is 24.0 Å². The number of halogens is 2. The van der Waals surface area contributed by atoms with Crippen molar-refractivity contribution in [1.29, 1.82) is 0 Å². The lowest BCUT2D eigenvalue weighted by molar-refractivity contribution is -0.129. The van der Waals surface area contributed by atoms with Crippen LogP contribution in [0.2, 0.25) is 0 Å². The van der Waals surface area contributed by atoms with E-state index >= 15 is 0 Å². The molecule has 0 aromatic heterocycles. The molecule has 0 radical (unpaired) electrons. The number of rotatable bonds is 6. The Labute approximate surface area is 190 Å². The Morgan fingerprint density at radius 1 is 1.21 bits per heavy atom. The number of aliphatic imine (C=N–C) groups is 1. The lowest BCUT2D eigenvalue weighted by Gasteiger charge is -2.12. The number of carbonyl (C=O) groups excluding carboxylic acids is 1. The van der Waals surface area contributed by atoms with Gasteiger partial charge in [-0.1, -0.05) is 12.7 Å². The Bertz CT molecular complexity index is 1010. The molecule has 7 heteroatoms. The zero-order valence-electron chi connectivity index (χ0n) is 15.3. The molecule has 1 aliphatic rings. The fraction of sp³-hybridized carbons (Fsp3) is 0.143. The summed E-state index contributed by atoms with van der Waals surface area (Å²) in [5.74, 6) is 1.04. The van der Waals surface area contributed by atoms with Gasteiger partial charge < -0.3 is 14.2 Å². The normalized spacial score (nSPS) is 14.6. The smallest absolute Gasteiger partial charge is 0.363 e. The molecule has 5 nitrogen and oxygen atoms in total. The maximum absolute atomic E-state index is 12.3.